The molecule has 2 N–H and O–H groups in total. The first-order chi connectivity index (χ1) is 8.06. The fourth-order valence-electron chi connectivity index (χ4n) is 1.46. The Morgan fingerprint density at radius 3 is 2.41 bits per heavy atom. The van der Waals surface area contributed by atoms with Crippen LogP contribution in [0.3, 0.4) is 0 Å². The summed E-state index contributed by atoms with van der Waals surface area (Å²) in [7, 11) is 1.91. The van der Waals surface area contributed by atoms with Crippen molar-refractivity contribution >= 4 is 33.4 Å². The highest BCUT2D eigenvalue weighted by Crippen LogP contribution is 2.22. The van der Waals surface area contributed by atoms with Gasteiger partial charge in [-0.3, -0.25) is 0 Å². The van der Waals surface area contributed by atoms with Crippen LogP contribution in [0, 0.1) is 6.92 Å². The molecule has 0 saturated heterocycles. The van der Waals surface area contributed by atoms with E-state index in [1.165, 1.54) is 5.56 Å². The van der Waals surface area contributed by atoms with E-state index in [1.807, 2.05) is 36.2 Å². The Morgan fingerprint density at radius 2 is 1.82 bits per heavy atom. The van der Waals surface area contributed by atoms with Crippen LogP contribution in [0.15, 0.2) is 34.9 Å². The summed E-state index contributed by atoms with van der Waals surface area (Å²) in [6.45, 7) is 2.05. The van der Waals surface area contributed by atoms with Gasteiger partial charge in [-0.15, -0.1) is 0 Å². The Balaban J connectivity index is 2.36. The molecule has 0 saturated carbocycles. The van der Waals surface area contributed by atoms with Gasteiger partial charge < -0.3 is 10.6 Å². The van der Waals surface area contributed by atoms with Gasteiger partial charge in [0, 0.05) is 18.8 Å². The van der Waals surface area contributed by atoms with E-state index in [0.29, 0.717) is 16.4 Å². The number of aromatic nitrogens is 2. The topological polar surface area (TPSA) is 55.0 Å². The molecule has 2 aromatic rings. The molecule has 0 bridgehead atoms. The second-order valence-electron chi connectivity index (χ2n) is 3.81. The molecule has 0 aliphatic rings. The lowest BCUT2D eigenvalue weighted by Gasteiger charge is -2.17. The van der Waals surface area contributed by atoms with Gasteiger partial charge in [-0.05, 0) is 35.0 Å². The monoisotopic (exact) mass is 292 g/mol. The Hall–Kier alpha value is -1.62. The standard InChI is InChI=1S/C12H13BrN4/c1-8-3-5-9(6-4-8)17(2)12-15-10(13)7-11(14)16-12/h3-7H,1-2H3,(H2,14,15,16). The highest BCUT2D eigenvalue weighted by atomic mass is 79.9. The SMILES string of the molecule is Cc1ccc(N(C)c2nc(N)cc(Br)n2)cc1. The van der Waals surface area contributed by atoms with Crippen molar-refractivity contribution in [3.63, 3.8) is 0 Å². The lowest BCUT2D eigenvalue weighted by molar-refractivity contribution is 1.03. The fourth-order valence-corrected chi connectivity index (χ4v) is 1.85. The smallest absolute Gasteiger partial charge is 0.232 e. The maximum absolute atomic E-state index is 5.69. The molecule has 0 radical (unpaired) electrons. The van der Waals surface area contributed by atoms with Crippen LogP contribution < -0.4 is 10.6 Å². The molecule has 1 aromatic heterocycles. The number of nitrogens with zero attached hydrogens (tertiary/aromatic N) is 3. The van der Waals surface area contributed by atoms with Gasteiger partial charge >= 0.3 is 0 Å². The molecule has 0 aliphatic heterocycles. The number of anilines is 3. The van der Waals surface area contributed by atoms with Crippen LogP contribution in [0.5, 0.6) is 0 Å². The van der Waals surface area contributed by atoms with Gasteiger partial charge in [-0.1, -0.05) is 17.7 Å². The Labute approximate surface area is 109 Å². The molecule has 2 rings (SSSR count). The molecule has 0 fully saturated rings. The minimum Gasteiger partial charge on any atom is -0.383 e. The van der Waals surface area contributed by atoms with E-state index < -0.39 is 0 Å². The number of hydrogen-bond donors (Lipinski definition) is 1. The first-order valence-electron chi connectivity index (χ1n) is 5.17. The van der Waals surface area contributed by atoms with Gasteiger partial charge in [0.25, 0.3) is 0 Å². The van der Waals surface area contributed by atoms with Gasteiger partial charge in [-0.25, -0.2) is 4.98 Å². The number of aryl methyl sites for hydroxylation is 1. The van der Waals surface area contributed by atoms with E-state index in [9.17, 15) is 0 Å². The maximum atomic E-state index is 5.69. The van der Waals surface area contributed by atoms with Crippen LogP contribution in [-0.2, 0) is 0 Å². The zero-order valence-corrected chi connectivity index (χ0v) is 11.3. The summed E-state index contributed by atoms with van der Waals surface area (Å²) in [5, 5.41) is 0. The van der Waals surface area contributed by atoms with Crippen molar-refractivity contribution < 1.29 is 0 Å². The molecule has 1 aromatic carbocycles. The summed E-state index contributed by atoms with van der Waals surface area (Å²) < 4.78 is 0.680. The van der Waals surface area contributed by atoms with Gasteiger partial charge in [0.15, 0.2) is 0 Å². The third-order valence-corrected chi connectivity index (χ3v) is 2.83. The summed E-state index contributed by atoms with van der Waals surface area (Å²) in [5.74, 6) is 1.02. The highest BCUT2D eigenvalue weighted by molar-refractivity contribution is 9.10. The minimum absolute atomic E-state index is 0.445. The minimum atomic E-state index is 0.445. The van der Waals surface area contributed by atoms with Crippen LogP contribution in [0.2, 0.25) is 0 Å². The van der Waals surface area contributed by atoms with Gasteiger partial charge in [0.05, 0.1) is 0 Å². The van der Waals surface area contributed by atoms with Crippen molar-refractivity contribution in [3.05, 3.63) is 40.5 Å². The molecule has 1 heterocycles. The summed E-state index contributed by atoms with van der Waals surface area (Å²) in [5.41, 5.74) is 7.93. The molecule has 0 aliphatic carbocycles. The van der Waals surface area contributed by atoms with Crippen molar-refractivity contribution in [2.24, 2.45) is 0 Å². The lowest BCUT2D eigenvalue weighted by atomic mass is 10.2. The van der Waals surface area contributed by atoms with Crippen molar-refractivity contribution in [2.45, 2.75) is 6.92 Å². The summed E-state index contributed by atoms with van der Waals surface area (Å²) in [4.78, 5) is 10.4. The number of nitrogens with two attached hydrogens (primary N) is 1. The van der Waals surface area contributed by atoms with E-state index in [0.717, 1.165) is 5.69 Å². The average molecular weight is 293 g/mol. The molecule has 17 heavy (non-hydrogen) atoms. The Kier molecular flexibility index (Phi) is 3.28. The maximum Gasteiger partial charge on any atom is 0.232 e. The predicted molar refractivity (Wildman–Crippen MR) is 73.4 cm³/mol. The van der Waals surface area contributed by atoms with E-state index in [2.05, 4.69) is 32.8 Å². The van der Waals surface area contributed by atoms with Gasteiger partial charge in [0.1, 0.15) is 10.4 Å². The molecular weight excluding hydrogens is 280 g/mol. The van der Waals surface area contributed by atoms with Crippen LogP contribution >= 0.6 is 15.9 Å². The zero-order valence-electron chi connectivity index (χ0n) is 9.68. The second kappa shape index (κ2) is 4.71. The number of hydrogen-bond acceptors (Lipinski definition) is 4. The van der Waals surface area contributed by atoms with E-state index >= 15 is 0 Å². The Morgan fingerprint density at radius 1 is 1.18 bits per heavy atom. The zero-order chi connectivity index (χ0) is 12.4. The highest BCUT2D eigenvalue weighted by Gasteiger charge is 2.08. The number of nitrogen functional groups attached to an aromatic ring is 1. The molecule has 0 amide bonds. The fraction of sp³-hybridized carbons (Fsp3) is 0.167. The first-order valence-corrected chi connectivity index (χ1v) is 5.96. The first kappa shape index (κ1) is 11.9. The van der Waals surface area contributed by atoms with Crippen LogP contribution in [0.1, 0.15) is 5.56 Å². The third-order valence-electron chi connectivity index (χ3n) is 2.42. The summed E-state index contributed by atoms with van der Waals surface area (Å²) in [6.07, 6.45) is 0. The van der Waals surface area contributed by atoms with E-state index in [-0.39, 0.29) is 0 Å². The largest absolute Gasteiger partial charge is 0.383 e. The van der Waals surface area contributed by atoms with E-state index in [4.69, 9.17) is 5.73 Å². The molecule has 88 valence electrons. The van der Waals surface area contributed by atoms with E-state index in [1.54, 1.807) is 6.07 Å². The van der Waals surface area contributed by atoms with Gasteiger partial charge in [-0.2, -0.15) is 4.98 Å². The average Bonchev–Trinajstić information content (AvgIpc) is 2.28. The summed E-state index contributed by atoms with van der Waals surface area (Å²) in [6, 6.07) is 9.82. The van der Waals surface area contributed by atoms with Crippen molar-refractivity contribution in [1.82, 2.24) is 9.97 Å². The normalized spacial score (nSPS) is 10.3. The predicted octanol–water partition coefficient (Wildman–Crippen LogP) is 2.90. The van der Waals surface area contributed by atoms with Gasteiger partial charge in [0.2, 0.25) is 5.95 Å². The number of rotatable bonds is 2. The van der Waals surface area contributed by atoms with Crippen LogP contribution in [0.25, 0.3) is 0 Å². The molecular formula is C12H13BrN4. The van der Waals surface area contributed by atoms with Crippen LogP contribution in [-0.4, -0.2) is 17.0 Å². The quantitative estimate of drug-likeness (QED) is 0.865. The van der Waals surface area contributed by atoms with Crippen molar-refractivity contribution in [3.8, 4) is 0 Å². The Bertz CT molecular complexity index is 504. The van der Waals surface area contributed by atoms with Crippen molar-refractivity contribution in [1.29, 1.82) is 0 Å². The molecule has 5 heteroatoms. The van der Waals surface area contributed by atoms with Crippen molar-refractivity contribution in [2.75, 3.05) is 17.7 Å². The van der Waals surface area contributed by atoms with Crippen LogP contribution in [0.4, 0.5) is 17.5 Å². The molecule has 0 spiro atoms. The third kappa shape index (κ3) is 2.74. The number of halogens is 1. The molecule has 0 unspecified atom stereocenters. The summed E-state index contributed by atoms with van der Waals surface area (Å²) >= 11 is 3.31. The molecule has 4 nitrogen and oxygen atoms in total. The lowest BCUT2D eigenvalue weighted by Crippen LogP contribution is -2.14. The molecule has 0 atom stereocenters. The second-order valence-corrected chi connectivity index (χ2v) is 4.62. The number of benzene rings is 1.